The van der Waals surface area contributed by atoms with Gasteiger partial charge in [0.2, 0.25) is 0 Å². The summed E-state index contributed by atoms with van der Waals surface area (Å²) in [5.74, 6) is 0. The molecule has 0 aromatic carbocycles. The molecule has 0 spiro atoms. The maximum atomic E-state index is 8.76. The Morgan fingerprint density at radius 2 is 2.33 bits per heavy atom. The minimum atomic E-state index is 0.0801. The van der Waals surface area contributed by atoms with Gasteiger partial charge in [-0.1, -0.05) is 5.21 Å². The molecule has 0 aliphatic rings. The van der Waals surface area contributed by atoms with E-state index in [1.54, 1.807) is 10.9 Å². The van der Waals surface area contributed by atoms with Gasteiger partial charge < -0.3 is 10.4 Å². The van der Waals surface area contributed by atoms with Gasteiger partial charge in [0.05, 0.1) is 18.8 Å². The highest BCUT2D eigenvalue weighted by Gasteiger charge is 2.01. The number of aliphatic hydroxyl groups is 1. The fourth-order valence-electron chi connectivity index (χ4n) is 1.71. The molecule has 2 aromatic rings. The number of aryl methyl sites for hydroxylation is 1. The molecule has 0 amide bonds. The summed E-state index contributed by atoms with van der Waals surface area (Å²) in [4.78, 5) is 0. The smallest absolute Gasteiger partial charge is 0.0964 e. The van der Waals surface area contributed by atoms with Gasteiger partial charge in [-0.3, -0.25) is 4.68 Å². The molecular formula is C11H18N6O. The summed E-state index contributed by atoms with van der Waals surface area (Å²) < 4.78 is 3.51. The van der Waals surface area contributed by atoms with Crippen molar-refractivity contribution in [2.45, 2.75) is 19.5 Å². The van der Waals surface area contributed by atoms with Crippen molar-refractivity contribution in [2.24, 2.45) is 7.05 Å². The van der Waals surface area contributed by atoms with E-state index >= 15 is 0 Å². The van der Waals surface area contributed by atoms with Gasteiger partial charge >= 0.3 is 0 Å². The Morgan fingerprint density at radius 3 is 3.06 bits per heavy atom. The molecule has 0 fully saturated rings. The Kier molecular flexibility index (Phi) is 4.43. The number of nitrogens with zero attached hydrogens (tertiary/aromatic N) is 5. The summed E-state index contributed by atoms with van der Waals surface area (Å²) in [5, 5.41) is 24.1. The summed E-state index contributed by atoms with van der Waals surface area (Å²) in [7, 11) is 1.94. The van der Waals surface area contributed by atoms with Crippen molar-refractivity contribution in [3.05, 3.63) is 29.8 Å². The topological polar surface area (TPSA) is 80.8 Å². The van der Waals surface area contributed by atoms with Crippen molar-refractivity contribution in [1.29, 1.82) is 0 Å². The first-order chi connectivity index (χ1) is 8.79. The molecule has 2 rings (SSSR count). The quantitative estimate of drug-likeness (QED) is 0.637. The lowest BCUT2D eigenvalue weighted by molar-refractivity contribution is 0.268. The predicted molar refractivity (Wildman–Crippen MR) is 65.7 cm³/mol. The van der Waals surface area contributed by atoms with Crippen LogP contribution in [0.4, 0.5) is 0 Å². The SMILES string of the molecule is Cn1nccc1CCNCc1cn(CCO)nn1. The Balaban J connectivity index is 1.70. The van der Waals surface area contributed by atoms with Gasteiger partial charge in [0, 0.05) is 44.6 Å². The third-order valence-corrected chi connectivity index (χ3v) is 2.70. The molecule has 0 unspecified atom stereocenters. The van der Waals surface area contributed by atoms with Crippen LogP contribution in [0.5, 0.6) is 0 Å². The molecule has 0 aliphatic carbocycles. The number of hydrogen-bond acceptors (Lipinski definition) is 5. The molecule has 2 aromatic heterocycles. The summed E-state index contributed by atoms with van der Waals surface area (Å²) in [6.45, 7) is 2.12. The van der Waals surface area contributed by atoms with Gasteiger partial charge in [0.25, 0.3) is 0 Å². The van der Waals surface area contributed by atoms with Gasteiger partial charge in [-0.25, -0.2) is 4.68 Å². The zero-order valence-corrected chi connectivity index (χ0v) is 10.5. The van der Waals surface area contributed by atoms with E-state index in [1.807, 2.05) is 24.0 Å². The van der Waals surface area contributed by atoms with Gasteiger partial charge in [0.15, 0.2) is 0 Å². The summed E-state index contributed by atoms with van der Waals surface area (Å²) in [6.07, 6.45) is 4.57. The second-order valence-electron chi connectivity index (χ2n) is 4.07. The van der Waals surface area contributed by atoms with Crippen molar-refractivity contribution in [1.82, 2.24) is 30.1 Å². The molecule has 0 atom stereocenters. The molecule has 0 saturated carbocycles. The molecule has 2 heterocycles. The van der Waals surface area contributed by atoms with Gasteiger partial charge in [0.1, 0.15) is 0 Å². The molecule has 2 N–H and O–H groups in total. The number of rotatable bonds is 7. The molecule has 98 valence electrons. The minimum Gasteiger partial charge on any atom is -0.394 e. The molecular weight excluding hydrogens is 232 g/mol. The van der Waals surface area contributed by atoms with Crippen LogP contribution in [0, 0.1) is 0 Å². The van der Waals surface area contributed by atoms with Crippen LogP contribution in [0.3, 0.4) is 0 Å². The van der Waals surface area contributed by atoms with E-state index in [1.165, 1.54) is 5.69 Å². The third kappa shape index (κ3) is 3.38. The van der Waals surface area contributed by atoms with Crippen LogP contribution in [0.2, 0.25) is 0 Å². The number of hydrogen-bond donors (Lipinski definition) is 2. The van der Waals surface area contributed by atoms with Crippen LogP contribution in [-0.2, 0) is 26.6 Å². The van der Waals surface area contributed by atoms with Crippen LogP contribution in [0.15, 0.2) is 18.5 Å². The summed E-state index contributed by atoms with van der Waals surface area (Å²) in [6, 6.07) is 2.01. The minimum absolute atomic E-state index is 0.0801. The van der Waals surface area contributed by atoms with Crippen molar-refractivity contribution in [3.63, 3.8) is 0 Å². The lowest BCUT2D eigenvalue weighted by Crippen LogP contribution is -2.18. The van der Waals surface area contributed by atoms with Crippen LogP contribution in [0.1, 0.15) is 11.4 Å². The lowest BCUT2D eigenvalue weighted by atomic mass is 10.3. The zero-order valence-electron chi connectivity index (χ0n) is 10.5. The molecule has 18 heavy (non-hydrogen) atoms. The van der Waals surface area contributed by atoms with Crippen LogP contribution < -0.4 is 5.32 Å². The average Bonchev–Trinajstić information content (AvgIpc) is 2.95. The number of aliphatic hydroxyl groups excluding tert-OH is 1. The molecule has 7 heteroatoms. The Morgan fingerprint density at radius 1 is 1.44 bits per heavy atom. The van der Waals surface area contributed by atoms with E-state index < -0.39 is 0 Å². The van der Waals surface area contributed by atoms with E-state index in [-0.39, 0.29) is 6.61 Å². The maximum Gasteiger partial charge on any atom is 0.0964 e. The summed E-state index contributed by atoms with van der Waals surface area (Å²) >= 11 is 0. The van der Waals surface area contributed by atoms with E-state index in [9.17, 15) is 0 Å². The second-order valence-corrected chi connectivity index (χ2v) is 4.07. The van der Waals surface area contributed by atoms with Crippen LogP contribution in [0.25, 0.3) is 0 Å². The van der Waals surface area contributed by atoms with Crippen LogP contribution >= 0.6 is 0 Å². The highest BCUT2D eigenvalue weighted by atomic mass is 16.3. The fraction of sp³-hybridized carbons (Fsp3) is 0.545. The van der Waals surface area contributed by atoms with E-state index in [0.717, 1.165) is 18.7 Å². The Hall–Kier alpha value is -1.73. The van der Waals surface area contributed by atoms with Crippen LogP contribution in [-0.4, -0.2) is 43.0 Å². The average molecular weight is 250 g/mol. The van der Waals surface area contributed by atoms with E-state index in [2.05, 4.69) is 20.7 Å². The highest BCUT2D eigenvalue weighted by Crippen LogP contribution is 1.97. The molecule has 0 bridgehead atoms. The first-order valence-corrected chi connectivity index (χ1v) is 5.97. The molecule has 0 radical (unpaired) electrons. The standard InChI is InChI=1S/C11H18N6O/c1-16-11(3-5-13-16)2-4-12-8-10-9-17(6-7-18)15-14-10/h3,5,9,12,18H,2,4,6-8H2,1H3. The predicted octanol–water partition coefficient (Wildman–Crippen LogP) is -0.664. The normalized spacial score (nSPS) is 11.0. The molecule has 7 nitrogen and oxygen atoms in total. The fourth-order valence-corrected chi connectivity index (χ4v) is 1.71. The maximum absolute atomic E-state index is 8.76. The van der Waals surface area contributed by atoms with E-state index in [4.69, 9.17) is 5.11 Å². The van der Waals surface area contributed by atoms with Crippen molar-refractivity contribution < 1.29 is 5.11 Å². The lowest BCUT2D eigenvalue weighted by Gasteiger charge is -2.03. The molecule has 0 saturated heterocycles. The second kappa shape index (κ2) is 6.27. The largest absolute Gasteiger partial charge is 0.394 e. The Bertz CT molecular complexity index is 477. The summed E-state index contributed by atoms with van der Waals surface area (Å²) in [5.41, 5.74) is 2.08. The first-order valence-electron chi connectivity index (χ1n) is 5.97. The van der Waals surface area contributed by atoms with Gasteiger partial charge in [-0.05, 0) is 6.07 Å². The number of aromatic nitrogens is 5. The van der Waals surface area contributed by atoms with E-state index in [0.29, 0.717) is 13.1 Å². The molecule has 0 aliphatic heterocycles. The van der Waals surface area contributed by atoms with Crippen molar-refractivity contribution >= 4 is 0 Å². The van der Waals surface area contributed by atoms with Gasteiger partial charge in [-0.2, -0.15) is 5.10 Å². The monoisotopic (exact) mass is 250 g/mol. The highest BCUT2D eigenvalue weighted by molar-refractivity contribution is 5.00. The third-order valence-electron chi connectivity index (χ3n) is 2.70. The zero-order chi connectivity index (χ0) is 12.8. The Labute approximate surface area is 105 Å². The first kappa shape index (κ1) is 12.7. The van der Waals surface area contributed by atoms with Crippen molar-refractivity contribution in [2.75, 3.05) is 13.2 Å². The number of nitrogens with one attached hydrogen (secondary N) is 1. The van der Waals surface area contributed by atoms with Gasteiger partial charge in [-0.15, -0.1) is 5.10 Å². The van der Waals surface area contributed by atoms with Crippen molar-refractivity contribution in [3.8, 4) is 0 Å².